The zero-order valence-electron chi connectivity index (χ0n) is 20.8. The molecule has 1 aromatic heterocycles. The molecule has 10 nitrogen and oxygen atoms in total. The van der Waals surface area contributed by atoms with Crippen LogP contribution in [-0.2, 0) is 16.1 Å². The smallest absolute Gasteiger partial charge is 0.291 e. The molecule has 2 atom stereocenters. The monoisotopic (exact) mass is 508 g/mol. The van der Waals surface area contributed by atoms with Crippen LogP contribution in [0.15, 0.2) is 48.8 Å². The number of nitrogens with zero attached hydrogens (tertiary/aromatic N) is 5. The molecule has 1 N–H and O–H groups in total. The van der Waals surface area contributed by atoms with Crippen LogP contribution in [-0.4, -0.2) is 72.6 Å². The lowest BCUT2D eigenvalue weighted by molar-refractivity contribution is -0.120. The van der Waals surface area contributed by atoms with Crippen LogP contribution >= 0.6 is 0 Å². The number of halogens is 1. The van der Waals surface area contributed by atoms with Gasteiger partial charge in [0, 0.05) is 32.9 Å². The van der Waals surface area contributed by atoms with Crippen molar-refractivity contribution in [1.29, 1.82) is 0 Å². The molecule has 0 saturated carbocycles. The zero-order valence-corrected chi connectivity index (χ0v) is 20.8. The van der Waals surface area contributed by atoms with Gasteiger partial charge in [-0.2, -0.15) is 0 Å². The Labute approximate surface area is 214 Å². The van der Waals surface area contributed by atoms with E-state index in [9.17, 15) is 14.0 Å². The Balaban J connectivity index is 1.24. The SMILES string of the molecule is CN(C[C@@H]1CCCO1)c1ccc2c(c1)N(C)C(=O)C(NC(=O)c1ncn(Cc3ccc(F)cc3)n1)CO2. The predicted molar refractivity (Wildman–Crippen MR) is 134 cm³/mol. The molecule has 2 amide bonds. The second-order valence-electron chi connectivity index (χ2n) is 9.29. The molecule has 2 aromatic carbocycles. The van der Waals surface area contributed by atoms with Crippen LogP contribution in [0.25, 0.3) is 0 Å². The van der Waals surface area contributed by atoms with Gasteiger partial charge >= 0.3 is 0 Å². The highest BCUT2D eigenvalue weighted by Gasteiger charge is 2.32. The first-order valence-electron chi connectivity index (χ1n) is 12.2. The lowest BCUT2D eigenvalue weighted by Crippen LogP contribution is -2.49. The number of aromatic nitrogens is 3. The van der Waals surface area contributed by atoms with Crippen LogP contribution in [0, 0.1) is 5.82 Å². The molecule has 2 aliphatic rings. The van der Waals surface area contributed by atoms with Crippen molar-refractivity contribution in [3.05, 3.63) is 66.0 Å². The fourth-order valence-corrected chi connectivity index (χ4v) is 4.50. The van der Waals surface area contributed by atoms with E-state index in [1.807, 2.05) is 25.2 Å². The molecule has 3 aromatic rings. The maximum absolute atomic E-state index is 13.2. The number of hydrogen-bond acceptors (Lipinski definition) is 7. The first-order valence-corrected chi connectivity index (χ1v) is 12.2. The molecule has 0 radical (unpaired) electrons. The highest BCUT2D eigenvalue weighted by atomic mass is 19.1. The number of fused-ring (bicyclic) bond motifs is 1. The van der Waals surface area contributed by atoms with E-state index in [2.05, 4.69) is 20.3 Å². The fraction of sp³-hybridized carbons (Fsp3) is 0.385. The number of likely N-dealkylation sites (N-methyl/N-ethyl adjacent to an activating group) is 2. The number of benzene rings is 2. The second-order valence-corrected chi connectivity index (χ2v) is 9.29. The molecular formula is C26H29FN6O4. The van der Waals surface area contributed by atoms with Gasteiger partial charge in [-0.1, -0.05) is 12.1 Å². The molecule has 5 rings (SSSR count). The van der Waals surface area contributed by atoms with Crippen molar-refractivity contribution in [3.8, 4) is 5.75 Å². The van der Waals surface area contributed by atoms with Crippen molar-refractivity contribution in [2.45, 2.75) is 31.5 Å². The molecule has 37 heavy (non-hydrogen) atoms. The first-order chi connectivity index (χ1) is 17.9. The maximum atomic E-state index is 13.2. The van der Waals surface area contributed by atoms with Crippen molar-refractivity contribution in [1.82, 2.24) is 20.1 Å². The second kappa shape index (κ2) is 10.6. The van der Waals surface area contributed by atoms with Crippen molar-refractivity contribution >= 4 is 23.2 Å². The summed E-state index contributed by atoms with van der Waals surface area (Å²) in [4.78, 5) is 33.7. The summed E-state index contributed by atoms with van der Waals surface area (Å²) in [6.07, 6.45) is 3.73. The minimum Gasteiger partial charge on any atom is -0.489 e. The minimum absolute atomic E-state index is 0.0245. The Morgan fingerprint density at radius 3 is 2.81 bits per heavy atom. The average Bonchev–Trinajstić information content (AvgIpc) is 3.57. The van der Waals surface area contributed by atoms with E-state index < -0.39 is 11.9 Å². The lowest BCUT2D eigenvalue weighted by atomic mass is 10.2. The van der Waals surface area contributed by atoms with Gasteiger partial charge < -0.3 is 24.6 Å². The van der Waals surface area contributed by atoms with Gasteiger partial charge in [-0.05, 0) is 48.7 Å². The number of carbonyl (C=O) groups excluding carboxylic acids is 2. The van der Waals surface area contributed by atoms with Gasteiger partial charge in [-0.15, -0.1) is 5.10 Å². The summed E-state index contributed by atoms with van der Waals surface area (Å²) in [5.41, 5.74) is 2.38. The van der Waals surface area contributed by atoms with Gasteiger partial charge in [0.05, 0.1) is 18.3 Å². The summed E-state index contributed by atoms with van der Waals surface area (Å²) in [6.45, 7) is 1.86. The van der Waals surface area contributed by atoms with Gasteiger partial charge in [-0.25, -0.2) is 14.1 Å². The molecule has 0 bridgehead atoms. The molecule has 0 aliphatic carbocycles. The fourth-order valence-electron chi connectivity index (χ4n) is 4.50. The van der Waals surface area contributed by atoms with Crippen LogP contribution in [0.3, 0.4) is 0 Å². The lowest BCUT2D eigenvalue weighted by Gasteiger charge is -2.25. The third-order valence-electron chi connectivity index (χ3n) is 6.58. The normalized spacial score (nSPS) is 19.2. The topological polar surface area (TPSA) is 102 Å². The molecule has 194 valence electrons. The standard InChI is InChI=1S/C26H29FN6O4/c1-31(14-20-4-3-11-36-20)19-9-10-23-22(12-19)32(2)26(35)21(15-37-23)29-25(34)24-28-16-33(30-24)13-17-5-7-18(27)8-6-17/h5-10,12,16,20-21H,3-4,11,13-15H2,1-2H3,(H,29,34)/t20-,21?/m0/s1. The minimum atomic E-state index is -0.915. The molecule has 3 heterocycles. The van der Waals surface area contributed by atoms with Crippen LogP contribution < -0.4 is 19.9 Å². The largest absolute Gasteiger partial charge is 0.489 e. The number of anilines is 2. The van der Waals surface area contributed by atoms with Gasteiger partial charge in [0.15, 0.2) is 0 Å². The quantitative estimate of drug-likeness (QED) is 0.522. The average molecular weight is 509 g/mol. The molecule has 0 spiro atoms. The van der Waals surface area contributed by atoms with Crippen molar-refractivity contribution in [2.75, 3.05) is 43.7 Å². The van der Waals surface area contributed by atoms with Gasteiger partial charge in [-0.3, -0.25) is 9.59 Å². The summed E-state index contributed by atoms with van der Waals surface area (Å²) in [5, 5.41) is 6.88. The highest BCUT2D eigenvalue weighted by molar-refractivity contribution is 6.02. The van der Waals surface area contributed by atoms with E-state index in [-0.39, 0.29) is 30.3 Å². The Morgan fingerprint density at radius 1 is 1.24 bits per heavy atom. The van der Waals surface area contributed by atoms with Crippen LogP contribution in [0.2, 0.25) is 0 Å². The Bertz CT molecular complexity index is 1270. The zero-order chi connectivity index (χ0) is 25.9. The first kappa shape index (κ1) is 24.7. The molecule has 1 saturated heterocycles. The number of amides is 2. The van der Waals surface area contributed by atoms with Crippen LogP contribution in [0.5, 0.6) is 5.75 Å². The molecule has 11 heteroatoms. The Kier molecular flexibility index (Phi) is 7.04. The van der Waals surface area contributed by atoms with E-state index in [1.165, 1.54) is 28.0 Å². The molecule has 1 unspecified atom stereocenters. The molecular weight excluding hydrogens is 479 g/mol. The van der Waals surface area contributed by atoms with Crippen molar-refractivity contribution in [2.24, 2.45) is 0 Å². The molecule has 2 aliphatic heterocycles. The van der Waals surface area contributed by atoms with Crippen molar-refractivity contribution in [3.63, 3.8) is 0 Å². The maximum Gasteiger partial charge on any atom is 0.291 e. The number of rotatable bonds is 7. The Morgan fingerprint density at radius 2 is 2.05 bits per heavy atom. The van der Waals surface area contributed by atoms with Crippen molar-refractivity contribution < 1.29 is 23.5 Å². The van der Waals surface area contributed by atoms with Gasteiger partial charge in [0.1, 0.15) is 30.5 Å². The summed E-state index contributed by atoms with van der Waals surface area (Å²) in [7, 11) is 3.66. The summed E-state index contributed by atoms with van der Waals surface area (Å²) in [6, 6.07) is 10.8. The van der Waals surface area contributed by atoms with Crippen LogP contribution in [0.4, 0.5) is 15.8 Å². The number of nitrogens with one attached hydrogen (secondary N) is 1. The summed E-state index contributed by atoms with van der Waals surface area (Å²) < 4.78 is 26.2. The van der Waals surface area contributed by atoms with E-state index in [0.717, 1.165) is 37.2 Å². The molecule has 1 fully saturated rings. The Hall–Kier alpha value is -3.99. The van der Waals surface area contributed by atoms with E-state index in [0.29, 0.717) is 18.0 Å². The predicted octanol–water partition coefficient (Wildman–Crippen LogP) is 2.23. The number of hydrogen-bond donors (Lipinski definition) is 1. The third kappa shape index (κ3) is 5.56. The van der Waals surface area contributed by atoms with E-state index >= 15 is 0 Å². The number of carbonyl (C=O) groups is 2. The third-order valence-corrected chi connectivity index (χ3v) is 6.58. The summed E-state index contributed by atoms with van der Waals surface area (Å²) in [5.74, 6) is -0.736. The highest BCUT2D eigenvalue weighted by Crippen LogP contribution is 2.34. The number of ether oxygens (including phenoxy) is 2. The van der Waals surface area contributed by atoms with E-state index in [4.69, 9.17) is 9.47 Å². The van der Waals surface area contributed by atoms with Crippen LogP contribution in [0.1, 0.15) is 29.0 Å². The van der Waals surface area contributed by atoms with E-state index in [1.54, 1.807) is 19.2 Å². The van der Waals surface area contributed by atoms with Gasteiger partial charge in [0.2, 0.25) is 5.82 Å². The summed E-state index contributed by atoms with van der Waals surface area (Å²) >= 11 is 0. The van der Waals surface area contributed by atoms with Gasteiger partial charge in [0.25, 0.3) is 11.8 Å².